The molecule has 0 unspecified atom stereocenters. The molecule has 0 aliphatic carbocycles. The molecule has 0 radical (unpaired) electrons. The van der Waals surface area contributed by atoms with Crippen LogP contribution in [0, 0.1) is 6.92 Å². The lowest BCUT2D eigenvalue weighted by Gasteiger charge is -2.06. The molecule has 0 amide bonds. The molecule has 0 saturated heterocycles. The Balaban J connectivity index is 1.66. The SMILES string of the molecule is Cc1ncc(CNc2ccc(-n3cncn3)cc2)s1. The van der Waals surface area contributed by atoms with Crippen LogP contribution >= 0.6 is 11.3 Å². The standard InChI is InChI=1S/C13H13N5S/c1-10-15-6-13(19-10)7-16-11-2-4-12(5-3-11)18-9-14-8-17-18/h2-6,8-9,16H,7H2,1H3. The highest BCUT2D eigenvalue weighted by Crippen LogP contribution is 2.16. The fourth-order valence-electron chi connectivity index (χ4n) is 1.75. The molecular weight excluding hydrogens is 258 g/mol. The van der Waals surface area contributed by atoms with Crippen LogP contribution in [-0.4, -0.2) is 19.7 Å². The van der Waals surface area contributed by atoms with Crippen LogP contribution in [0.5, 0.6) is 0 Å². The lowest BCUT2D eigenvalue weighted by Crippen LogP contribution is -1.98. The van der Waals surface area contributed by atoms with Gasteiger partial charge in [-0.2, -0.15) is 5.10 Å². The molecule has 0 bridgehead atoms. The number of nitrogens with zero attached hydrogens (tertiary/aromatic N) is 4. The Morgan fingerprint density at radius 1 is 1.26 bits per heavy atom. The van der Waals surface area contributed by atoms with Gasteiger partial charge >= 0.3 is 0 Å². The smallest absolute Gasteiger partial charge is 0.138 e. The van der Waals surface area contributed by atoms with E-state index in [0.717, 1.165) is 22.9 Å². The highest BCUT2D eigenvalue weighted by molar-refractivity contribution is 7.11. The molecular formula is C13H13N5S. The minimum Gasteiger partial charge on any atom is -0.380 e. The van der Waals surface area contributed by atoms with Crippen LogP contribution in [0.1, 0.15) is 9.88 Å². The van der Waals surface area contributed by atoms with Gasteiger partial charge < -0.3 is 5.32 Å². The van der Waals surface area contributed by atoms with Gasteiger partial charge in [0, 0.05) is 16.8 Å². The summed E-state index contributed by atoms with van der Waals surface area (Å²) in [5.41, 5.74) is 2.08. The molecule has 0 spiro atoms. The molecule has 0 fully saturated rings. The van der Waals surface area contributed by atoms with Crippen molar-refractivity contribution in [1.29, 1.82) is 0 Å². The van der Waals surface area contributed by atoms with E-state index in [4.69, 9.17) is 0 Å². The normalized spacial score (nSPS) is 10.6. The first-order valence-corrected chi connectivity index (χ1v) is 6.73. The summed E-state index contributed by atoms with van der Waals surface area (Å²) in [7, 11) is 0. The van der Waals surface area contributed by atoms with Crippen molar-refractivity contribution in [1.82, 2.24) is 19.7 Å². The third-order valence-corrected chi connectivity index (χ3v) is 3.60. The summed E-state index contributed by atoms with van der Waals surface area (Å²) >= 11 is 1.71. The number of anilines is 1. The van der Waals surface area contributed by atoms with E-state index in [9.17, 15) is 0 Å². The van der Waals surface area contributed by atoms with Gasteiger partial charge in [-0.05, 0) is 31.2 Å². The predicted molar refractivity (Wildman–Crippen MR) is 75.5 cm³/mol. The molecule has 0 aliphatic heterocycles. The van der Waals surface area contributed by atoms with Crippen molar-refractivity contribution in [2.45, 2.75) is 13.5 Å². The molecule has 96 valence electrons. The van der Waals surface area contributed by atoms with Gasteiger partial charge in [0.1, 0.15) is 12.7 Å². The van der Waals surface area contributed by atoms with Crippen LogP contribution in [0.3, 0.4) is 0 Å². The van der Waals surface area contributed by atoms with Crippen molar-refractivity contribution in [2.24, 2.45) is 0 Å². The Kier molecular flexibility index (Phi) is 3.24. The Labute approximate surface area is 115 Å². The second-order valence-electron chi connectivity index (χ2n) is 4.09. The molecule has 1 aromatic carbocycles. The maximum absolute atomic E-state index is 4.24. The van der Waals surface area contributed by atoms with E-state index in [1.165, 1.54) is 11.2 Å². The highest BCUT2D eigenvalue weighted by atomic mass is 32.1. The fraction of sp³-hybridized carbons (Fsp3) is 0.154. The number of hydrogen-bond donors (Lipinski definition) is 1. The fourth-order valence-corrected chi connectivity index (χ4v) is 2.48. The van der Waals surface area contributed by atoms with Crippen LogP contribution in [-0.2, 0) is 6.54 Å². The van der Waals surface area contributed by atoms with E-state index in [2.05, 4.69) is 20.4 Å². The maximum Gasteiger partial charge on any atom is 0.138 e. The first kappa shape index (κ1) is 11.9. The van der Waals surface area contributed by atoms with E-state index in [-0.39, 0.29) is 0 Å². The molecule has 19 heavy (non-hydrogen) atoms. The quantitative estimate of drug-likeness (QED) is 0.792. The summed E-state index contributed by atoms with van der Waals surface area (Å²) < 4.78 is 1.73. The van der Waals surface area contributed by atoms with Crippen molar-refractivity contribution in [3.8, 4) is 5.69 Å². The topological polar surface area (TPSA) is 55.6 Å². The molecule has 0 saturated carbocycles. The van der Waals surface area contributed by atoms with Crippen molar-refractivity contribution in [3.05, 3.63) is 53.0 Å². The minimum absolute atomic E-state index is 0.800. The lowest BCUT2D eigenvalue weighted by molar-refractivity contribution is 0.879. The molecule has 3 aromatic rings. The second kappa shape index (κ2) is 5.19. The third-order valence-electron chi connectivity index (χ3n) is 2.69. The van der Waals surface area contributed by atoms with Gasteiger partial charge in [-0.15, -0.1) is 11.3 Å². The first-order valence-electron chi connectivity index (χ1n) is 5.91. The van der Waals surface area contributed by atoms with Gasteiger partial charge in [-0.1, -0.05) is 0 Å². The Hall–Kier alpha value is -2.21. The number of nitrogens with one attached hydrogen (secondary N) is 1. The van der Waals surface area contributed by atoms with Crippen molar-refractivity contribution in [3.63, 3.8) is 0 Å². The zero-order valence-corrected chi connectivity index (χ0v) is 11.3. The molecule has 1 N–H and O–H groups in total. The van der Waals surface area contributed by atoms with E-state index in [1.807, 2.05) is 37.4 Å². The molecule has 0 atom stereocenters. The average Bonchev–Trinajstić information content (AvgIpc) is 3.08. The van der Waals surface area contributed by atoms with Gasteiger partial charge in [0.15, 0.2) is 0 Å². The largest absolute Gasteiger partial charge is 0.380 e. The zero-order chi connectivity index (χ0) is 13.1. The average molecular weight is 271 g/mol. The lowest BCUT2D eigenvalue weighted by atomic mass is 10.3. The molecule has 2 heterocycles. The van der Waals surface area contributed by atoms with Crippen LogP contribution < -0.4 is 5.32 Å². The number of aromatic nitrogens is 4. The molecule has 0 aliphatic rings. The molecule has 2 aromatic heterocycles. The molecule has 6 heteroatoms. The summed E-state index contributed by atoms with van der Waals surface area (Å²) in [5, 5.41) is 8.56. The van der Waals surface area contributed by atoms with Crippen LogP contribution in [0.25, 0.3) is 5.69 Å². The van der Waals surface area contributed by atoms with Crippen LogP contribution in [0.15, 0.2) is 43.1 Å². The summed E-state index contributed by atoms with van der Waals surface area (Å²) in [6.07, 6.45) is 5.12. The van der Waals surface area contributed by atoms with Crippen molar-refractivity contribution >= 4 is 17.0 Å². The van der Waals surface area contributed by atoms with Crippen molar-refractivity contribution < 1.29 is 0 Å². The van der Waals surface area contributed by atoms with Gasteiger partial charge in [-0.25, -0.2) is 14.6 Å². The minimum atomic E-state index is 0.800. The Morgan fingerprint density at radius 2 is 2.11 bits per heavy atom. The second-order valence-corrected chi connectivity index (χ2v) is 5.41. The summed E-state index contributed by atoms with van der Waals surface area (Å²) in [6, 6.07) is 8.08. The van der Waals surface area contributed by atoms with E-state index in [1.54, 1.807) is 22.3 Å². The third kappa shape index (κ3) is 2.79. The number of hydrogen-bond acceptors (Lipinski definition) is 5. The van der Waals surface area contributed by atoms with E-state index in [0.29, 0.717) is 0 Å². The van der Waals surface area contributed by atoms with E-state index >= 15 is 0 Å². The monoisotopic (exact) mass is 271 g/mol. The number of thiazole rings is 1. The highest BCUT2D eigenvalue weighted by Gasteiger charge is 2.00. The zero-order valence-electron chi connectivity index (χ0n) is 10.4. The van der Waals surface area contributed by atoms with Crippen molar-refractivity contribution in [2.75, 3.05) is 5.32 Å². The van der Waals surface area contributed by atoms with Gasteiger partial charge in [-0.3, -0.25) is 0 Å². The van der Waals surface area contributed by atoms with Crippen LogP contribution in [0.2, 0.25) is 0 Å². The molecule has 5 nitrogen and oxygen atoms in total. The first-order chi connectivity index (χ1) is 9.31. The van der Waals surface area contributed by atoms with Gasteiger partial charge in [0.25, 0.3) is 0 Å². The summed E-state index contributed by atoms with van der Waals surface area (Å²) in [4.78, 5) is 9.40. The maximum atomic E-state index is 4.24. The number of benzene rings is 1. The summed E-state index contributed by atoms with van der Waals surface area (Å²) in [6.45, 7) is 2.81. The van der Waals surface area contributed by atoms with E-state index < -0.39 is 0 Å². The number of aryl methyl sites for hydroxylation is 1. The predicted octanol–water partition coefficient (Wildman–Crippen LogP) is 2.64. The van der Waals surface area contributed by atoms with Gasteiger partial charge in [0.2, 0.25) is 0 Å². The van der Waals surface area contributed by atoms with Crippen LogP contribution in [0.4, 0.5) is 5.69 Å². The molecule has 3 rings (SSSR count). The Bertz CT molecular complexity index is 642. The number of rotatable bonds is 4. The summed E-state index contributed by atoms with van der Waals surface area (Å²) in [5.74, 6) is 0. The van der Waals surface area contributed by atoms with Gasteiger partial charge in [0.05, 0.1) is 17.2 Å². The Morgan fingerprint density at radius 3 is 2.74 bits per heavy atom.